The molecule has 0 bridgehead atoms. The first-order chi connectivity index (χ1) is 9.87. The Morgan fingerprint density at radius 1 is 1.09 bits per heavy atom. The Balaban J connectivity index is 0. The molecule has 0 saturated heterocycles. The van der Waals surface area contributed by atoms with Gasteiger partial charge in [-0.15, -0.1) is 0 Å². The topological polar surface area (TPSA) is 77.5 Å². The van der Waals surface area contributed by atoms with Gasteiger partial charge in [-0.1, -0.05) is 51.5 Å². The molecule has 0 aromatic rings. The van der Waals surface area contributed by atoms with E-state index in [1.165, 1.54) is 56.5 Å². The van der Waals surface area contributed by atoms with Gasteiger partial charge < -0.3 is 9.45 Å². The molecular formula is C15H28KNO4S. The van der Waals surface area contributed by atoms with Gasteiger partial charge in [-0.2, -0.15) is 0 Å². The fourth-order valence-corrected chi connectivity index (χ4v) is 2.39. The minimum absolute atomic E-state index is 0. The minimum atomic E-state index is -4.26. The average molecular weight is 358 g/mol. The maximum absolute atomic E-state index is 11.6. The molecule has 0 rings (SSSR count). The minimum Gasteiger partial charge on any atom is -0.748 e. The van der Waals surface area contributed by atoms with Crippen molar-refractivity contribution in [3.8, 4) is 0 Å². The third-order valence-corrected chi connectivity index (χ3v) is 3.97. The molecule has 0 fully saturated rings. The second-order valence-electron chi connectivity index (χ2n) is 5.33. The molecular weight excluding hydrogens is 329 g/mol. The van der Waals surface area contributed by atoms with E-state index in [2.05, 4.69) is 6.92 Å². The summed E-state index contributed by atoms with van der Waals surface area (Å²) in [6.07, 6.45) is 12.7. The predicted molar refractivity (Wildman–Crippen MR) is 84.0 cm³/mol. The Morgan fingerprint density at radius 3 is 2.18 bits per heavy atom. The molecule has 0 aromatic heterocycles. The summed E-state index contributed by atoms with van der Waals surface area (Å²) < 4.78 is 31.4. The Kier molecular flexibility index (Phi) is 17.4. The maximum Gasteiger partial charge on any atom is 1.00 e. The van der Waals surface area contributed by atoms with Crippen LogP contribution in [0, 0.1) is 0 Å². The van der Waals surface area contributed by atoms with Crippen molar-refractivity contribution in [2.75, 3.05) is 19.3 Å². The second kappa shape index (κ2) is 15.3. The maximum atomic E-state index is 11.6. The molecule has 0 saturated carbocycles. The molecule has 0 spiro atoms. The fourth-order valence-electron chi connectivity index (χ4n) is 1.89. The molecule has 0 radical (unpaired) electrons. The Labute approximate surface area is 178 Å². The van der Waals surface area contributed by atoms with E-state index < -0.39 is 15.9 Å². The molecule has 0 atom stereocenters. The van der Waals surface area contributed by atoms with Crippen molar-refractivity contribution in [1.82, 2.24) is 4.90 Å². The number of allylic oxidation sites excluding steroid dienone is 1. The van der Waals surface area contributed by atoms with Crippen LogP contribution in [0.5, 0.6) is 0 Å². The summed E-state index contributed by atoms with van der Waals surface area (Å²) >= 11 is 0. The summed E-state index contributed by atoms with van der Waals surface area (Å²) in [6, 6.07) is 0. The van der Waals surface area contributed by atoms with Gasteiger partial charge in [0, 0.05) is 13.6 Å². The van der Waals surface area contributed by atoms with Gasteiger partial charge in [0.15, 0.2) is 0 Å². The van der Waals surface area contributed by atoms with E-state index in [9.17, 15) is 17.8 Å². The zero-order chi connectivity index (χ0) is 16.1. The number of likely N-dealkylation sites (N-methyl/N-ethyl adjacent to an activating group) is 1. The van der Waals surface area contributed by atoms with Crippen molar-refractivity contribution < 1.29 is 69.1 Å². The Morgan fingerprint density at radius 2 is 1.64 bits per heavy atom. The first-order valence-electron chi connectivity index (χ1n) is 7.72. The summed E-state index contributed by atoms with van der Waals surface area (Å²) in [5.74, 6) is -0.803. The normalized spacial score (nSPS) is 11.4. The van der Waals surface area contributed by atoms with Gasteiger partial charge in [-0.3, -0.25) is 4.79 Å². The van der Waals surface area contributed by atoms with Crippen molar-refractivity contribution in [1.29, 1.82) is 0 Å². The molecule has 0 unspecified atom stereocenters. The van der Waals surface area contributed by atoms with Crippen LogP contribution in [0.2, 0.25) is 0 Å². The number of carbonyl (C=O) groups is 1. The largest absolute Gasteiger partial charge is 1.00 e. The molecule has 5 nitrogen and oxygen atoms in total. The first kappa shape index (κ1) is 25.0. The van der Waals surface area contributed by atoms with Crippen LogP contribution in [-0.2, 0) is 14.9 Å². The second-order valence-corrected chi connectivity index (χ2v) is 6.86. The first-order valence-corrected chi connectivity index (χ1v) is 9.29. The van der Waals surface area contributed by atoms with E-state index in [-0.39, 0.29) is 63.8 Å². The zero-order valence-electron chi connectivity index (χ0n) is 14.2. The number of carbonyl (C=O) groups excluding carboxylic acids is 1. The van der Waals surface area contributed by atoms with Crippen LogP contribution in [0.25, 0.3) is 0 Å². The number of amides is 1. The van der Waals surface area contributed by atoms with E-state index in [1.807, 2.05) is 6.08 Å². The van der Waals surface area contributed by atoms with Crippen molar-refractivity contribution in [2.45, 2.75) is 58.3 Å². The third kappa shape index (κ3) is 17.1. The van der Waals surface area contributed by atoms with Gasteiger partial charge >= 0.3 is 51.4 Å². The van der Waals surface area contributed by atoms with E-state index in [0.717, 1.165) is 12.8 Å². The van der Waals surface area contributed by atoms with E-state index >= 15 is 0 Å². The number of hydrogen-bond acceptors (Lipinski definition) is 4. The van der Waals surface area contributed by atoms with Crippen LogP contribution < -0.4 is 51.4 Å². The molecule has 0 aliphatic heterocycles. The summed E-state index contributed by atoms with van der Waals surface area (Å²) in [4.78, 5) is 12.9. The standard InChI is InChI=1S/C15H29NO4S.K/c1-3-4-5-6-7-8-9-10-11-12-15(17)16(2)13-14-21(18,19)20;/h11-12H,3-10,13-14H2,1-2H3,(H,18,19,20);/q;+1/p-1/b12-11+;. The van der Waals surface area contributed by atoms with Crippen molar-refractivity contribution in [2.24, 2.45) is 0 Å². The van der Waals surface area contributed by atoms with Gasteiger partial charge in [0.25, 0.3) is 0 Å². The zero-order valence-corrected chi connectivity index (χ0v) is 18.2. The van der Waals surface area contributed by atoms with Crippen LogP contribution in [0.15, 0.2) is 12.2 Å². The molecule has 22 heavy (non-hydrogen) atoms. The van der Waals surface area contributed by atoms with Crippen LogP contribution >= 0.6 is 0 Å². The van der Waals surface area contributed by atoms with Crippen LogP contribution in [0.3, 0.4) is 0 Å². The molecule has 0 aromatic carbocycles. The summed E-state index contributed by atoms with van der Waals surface area (Å²) in [7, 11) is -2.77. The third-order valence-electron chi connectivity index (χ3n) is 3.29. The van der Waals surface area contributed by atoms with Crippen molar-refractivity contribution in [3.05, 3.63) is 12.2 Å². The van der Waals surface area contributed by atoms with Crippen molar-refractivity contribution >= 4 is 16.0 Å². The van der Waals surface area contributed by atoms with Crippen LogP contribution in [0.4, 0.5) is 0 Å². The molecule has 124 valence electrons. The molecule has 0 N–H and O–H groups in total. The molecule has 1 amide bonds. The smallest absolute Gasteiger partial charge is 0.748 e. The fraction of sp³-hybridized carbons (Fsp3) is 0.800. The van der Waals surface area contributed by atoms with Gasteiger partial charge in [-0.25, -0.2) is 8.42 Å². The van der Waals surface area contributed by atoms with Crippen LogP contribution in [-0.4, -0.2) is 43.1 Å². The number of hydrogen-bond donors (Lipinski definition) is 0. The SMILES string of the molecule is CCCCCCCCC/C=C/C(=O)N(C)CCS(=O)(=O)[O-].[K+]. The molecule has 0 aliphatic carbocycles. The quantitative estimate of drug-likeness (QED) is 0.208. The van der Waals surface area contributed by atoms with Crippen molar-refractivity contribution in [3.63, 3.8) is 0 Å². The Bertz CT molecular complexity index is 410. The number of rotatable bonds is 12. The summed E-state index contributed by atoms with van der Waals surface area (Å²) in [5, 5.41) is 0. The van der Waals surface area contributed by atoms with E-state index in [1.54, 1.807) is 0 Å². The summed E-state index contributed by atoms with van der Waals surface area (Å²) in [5.41, 5.74) is 0. The van der Waals surface area contributed by atoms with Gasteiger partial charge in [0.2, 0.25) is 5.91 Å². The van der Waals surface area contributed by atoms with Crippen LogP contribution in [0.1, 0.15) is 58.3 Å². The number of nitrogens with zero attached hydrogens (tertiary/aromatic N) is 1. The Hall–Kier alpha value is 0.756. The number of unbranched alkanes of at least 4 members (excludes halogenated alkanes) is 7. The molecule has 7 heteroatoms. The average Bonchev–Trinajstić information content (AvgIpc) is 2.41. The molecule has 0 heterocycles. The summed E-state index contributed by atoms with van der Waals surface area (Å²) in [6.45, 7) is 2.14. The van der Waals surface area contributed by atoms with E-state index in [0.29, 0.717) is 0 Å². The van der Waals surface area contributed by atoms with Gasteiger partial charge in [0.1, 0.15) is 0 Å². The monoisotopic (exact) mass is 357 g/mol. The van der Waals surface area contributed by atoms with Gasteiger partial charge in [-0.05, 0) is 18.9 Å². The predicted octanol–water partition coefficient (Wildman–Crippen LogP) is -0.309. The van der Waals surface area contributed by atoms with E-state index in [4.69, 9.17) is 0 Å². The molecule has 0 aliphatic rings. The van der Waals surface area contributed by atoms with Gasteiger partial charge in [0.05, 0.1) is 15.9 Å².